The maximum atomic E-state index is 13.5. The number of nitrogens with one attached hydrogen (secondary N) is 4. The van der Waals surface area contributed by atoms with Gasteiger partial charge in [0.15, 0.2) is 5.96 Å². The van der Waals surface area contributed by atoms with Gasteiger partial charge in [-0.05, 0) is 42.2 Å². The van der Waals surface area contributed by atoms with Crippen LogP contribution in [0.2, 0.25) is 0 Å². The third-order valence-corrected chi connectivity index (χ3v) is 7.31. The summed E-state index contributed by atoms with van der Waals surface area (Å²) in [5.41, 5.74) is 12.4. The molecule has 0 saturated carbocycles. The van der Waals surface area contributed by atoms with Crippen LogP contribution in [0, 0.1) is 11.8 Å². The first-order valence-corrected chi connectivity index (χ1v) is 16.0. The molecule has 2 rings (SSSR count). The number of ether oxygens (including phenoxy) is 1. The van der Waals surface area contributed by atoms with Crippen molar-refractivity contribution >= 4 is 29.8 Å². The number of rotatable bonds is 19. The van der Waals surface area contributed by atoms with E-state index >= 15 is 0 Å². The van der Waals surface area contributed by atoms with Gasteiger partial charge in [0.2, 0.25) is 17.7 Å². The number of hydrogen-bond acceptors (Lipinski definition) is 7. The van der Waals surface area contributed by atoms with E-state index in [4.69, 9.17) is 16.2 Å². The molecule has 0 heterocycles. The van der Waals surface area contributed by atoms with Crippen molar-refractivity contribution in [3.63, 3.8) is 0 Å². The van der Waals surface area contributed by atoms with E-state index in [1.165, 1.54) is 0 Å². The molecule has 2 aromatic rings. The minimum absolute atomic E-state index is 0.0177. The van der Waals surface area contributed by atoms with Gasteiger partial charge in [-0.1, -0.05) is 88.4 Å². The van der Waals surface area contributed by atoms with E-state index in [0.717, 1.165) is 11.1 Å². The molecule has 13 nitrogen and oxygen atoms in total. The van der Waals surface area contributed by atoms with E-state index in [0.29, 0.717) is 12.8 Å². The number of aliphatic hydroxyl groups excluding tert-OH is 1. The molecule has 0 aromatic heterocycles. The summed E-state index contributed by atoms with van der Waals surface area (Å²) in [6.07, 6.45) is -0.986. The van der Waals surface area contributed by atoms with Crippen LogP contribution in [0.15, 0.2) is 65.7 Å². The lowest BCUT2D eigenvalue weighted by Gasteiger charge is -2.28. The van der Waals surface area contributed by atoms with Gasteiger partial charge >= 0.3 is 6.09 Å². The molecule has 0 spiro atoms. The van der Waals surface area contributed by atoms with Crippen molar-refractivity contribution < 1.29 is 29.0 Å². The van der Waals surface area contributed by atoms with Crippen molar-refractivity contribution in [1.29, 1.82) is 0 Å². The molecule has 0 aliphatic carbocycles. The Hall–Kier alpha value is -4.65. The van der Waals surface area contributed by atoms with Gasteiger partial charge in [-0.3, -0.25) is 19.4 Å². The monoisotopic (exact) mass is 653 g/mol. The van der Waals surface area contributed by atoms with E-state index in [1.807, 2.05) is 88.4 Å². The lowest BCUT2D eigenvalue weighted by Crippen LogP contribution is -2.57. The average Bonchev–Trinajstić information content (AvgIpc) is 3.03. The Morgan fingerprint density at radius 1 is 0.809 bits per heavy atom. The summed E-state index contributed by atoms with van der Waals surface area (Å²) in [7, 11) is 0. The molecule has 13 heteroatoms. The molecule has 47 heavy (non-hydrogen) atoms. The van der Waals surface area contributed by atoms with Crippen molar-refractivity contribution in [3.05, 3.63) is 71.8 Å². The molecule has 2 aromatic carbocycles. The van der Waals surface area contributed by atoms with Crippen molar-refractivity contribution in [2.45, 2.75) is 84.2 Å². The second-order valence-corrected chi connectivity index (χ2v) is 12.2. The van der Waals surface area contributed by atoms with Gasteiger partial charge < -0.3 is 42.6 Å². The van der Waals surface area contributed by atoms with Crippen LogP contribution in [0.5, 0.6) is 0 Å². The highest BCUT2D eigenvalue weighted by molar-refractivity contribution is 5.91. The quantitative estimate of drug-likeness (QED) is 0.0673. The molecule has 0 radical (unpaired) electrons. The molecule has 9 N–H and O–H groups in total. The lowest BCUT2D eigenvalue weighted by atomic mass is 9.99. The van der Waals surface area contributed by atoms with Gasteiger partial charge in [0.05, 0.1) is 0 Å². The first-order valence-electron chi connectivity index (χ1n) is 16.0. The molecule has 4 atom stereocenters. The molecule has 0 unspecified atom stereocenters. The fourth-order valence-corrected chi connectivity index (χ4v) is 4.65. The third kappa shape index (κ3) is 15.5. The molecule has 0 saturated heterocycles. The minimum atomic E-state index is -1.25. The number of nitrogens with two attached hydrogens (primary N) is 2. The summed E-state index contributed by atoms with van der Waals surface area (Å²) in [6, 6.07) is 15.9. The zero-order valence-corrected chi connectivity index (χ0v) is 27.8. The van der Waals surface area contributed by atoms with Crippen LogP contribution in [-0.2, 0) is 32.1 Å². The number of carbonyl (C=O) groups is 4. The fraction of sp³-hybridized carbons (Fsp3) is 0.500. The van der Waals surface area contributed by atoms with Gasteiger partial charge in [-0.25, -0.2) is 4.79 Å². The number of aliphatic imine (C=N–C) groups is 1. The Kier molecular flexibility index (Phi) is 16.8. The lowest BCUT2D eigenvalue weighted by molar-refractivity contribution is -0.131. The zero-order valence-electron chi connectivity index (χ0n) is 27.8. The summed E-state index contributed by atoms with van der Waals surface area (Å²) in [5.74, 6) is -1.67. The van der Waals surface area contributed by atoms with Crippen LogP contribution in [0.3, 0.4) is 0 Å². The van der Waals surface area contributed by atoms with Crippen LogP contribution >= 0.6 is 0 Å². The number of hydrogen-bond donors (Lipinski definition) is 7. The normalized spacial score (nSPS) is 13.5. The molecule has 0 aliphatic rings. The van der Waals surface area contributed by atoms with Crippen molar-refractivity contribution in [3.8, 4) is 0 Å². The highest BCUT2D eigenvalue weighted by Gasteiger charge is 2.30. The maximum absolute atomic E-state index is 13.5. The van der Waals surface area contributed by atoms with Crippen LogP contribution in [-0.4, -0.2) is 72.2 Å². The molecule has 0 fully saturated rings. The molecule has 258 valence electrons. The van der Waals surface area contributed by atoms with Gasteiger partial charge in [0.1, 0.15) is 24.8 Å². The van der Waals surface area contributed by atoms with E-state index < -0.39 is 48.0 Å². The number of benzene rings is 2. The number of aliphatic hydroxyl groups is 1. The highest BCUT2D eigenvalue weighted by atomic mass is 16.5. The number of nitrogens with zero attached hydrogens (tertiary/aromatic N) is 1. The average molecular weight is 654 g/mol. The Bertz CT molecular complexity index is 1290. The fourth-order valence-electron chi connectivity index (χ4n) is 4.65. The van der Waals surface area contributed by atoms with Gasteiger partial charge in [-0.2, -0.15) is 0 Å². The Balaban J connectivity index is 2.06. The third-order valence-electron chi connectivity index (χ3n) is 7.31. The Labute approximate surface area is 277 Å². The summed E-state index contributed by atoms with van der Waals surface area (Å²) in [5, 5.41) is 21.5. The smallest absolute Gasteiger partial charge is 0.408 e. The molecule has 4 amide bonds. The molecular formula is C34H51N7O6. The van der Waals surface area contributed by atoms with Gasteiger partial charge in [0.25, 0.3) is 0 Å². The standard InChI is InChI=1S/C34H51N7O6/c1-22(2)18-27(31(44)40-28(23(3)4)20-38-32(45)29(42)19-24-12-7-5-8-13-24)39-30(43)26(16-11-17-37-33(35)36)41-34(46)47-21-25-14-9-6-10-15-25/h5-10,12-15,22-23,26-29,42H,11,16-21H2,1-4H3,(H,38,45)(H,39,43)(H,40,44)(H,41,46)(H4,35,36,37)/t26-,27-,28+,29-/m0/s1. The van der Waals surface area contributed by atoms with E-state index in [-0.39, 0.29) is 50.3 Å². The number of amides is 4. The first-order chi connectivity index (χ1) is 22.3. The van der Waals surface area contributed by atoms with Crippen molar-refractivity contribution in [2.24, 2.45) is 28.3 Å². The topological polar surface area (TPSA) is 210 Å². The Morgan fingerprint density at radius 2 is 1.40 bits per heavy atom. The second kappa shape index (κ2) is 20.5. The molecule has 0 bridgehead atoms. The van der Waals surface area contributed by atoms with Crippen molar-refractivity contribution in [1.82, 2.24) is 21.3 Å². The zero-order chi connectivity index (χ0) is 34.8. The largest absolute Gasteiger partial charge is 0.445 e. The van der Waals surface area contributed by atoms with Crippen molar-refractivity contribution in [2.75, 3.05) is 13.1 Å². The summed E-state index contributed by atoms with van der Waals surface area (Å²) >= 11 is 0. The van der Waals surface area contributed by atoms with E-state index in [9.17, 15) is 24.3 Å². The summed E-state index contributed by atoms with van der Waals surface area (Å²) in [6.45, 7) is 7.97. The van der Waals surface area contributed by atoms with Crippen LogP contribution in [0.4, 0.5) is 4.79 Å². The summed E-state index contributed by atoms with van der Waals surface area (Å²) < 4.78 is 5.32. The maximum Gasteiger partial charge on any atom is 0.408 e. The molecular weight excluding hydrogens is 602 g/mol. The SMILES string of the molecule is CC(C)C[C@H](NC(=O)[C@H](CCCN=C(N)N)NC(=O)OCc1ccccc1)C(=O)N[C@H](CNC(=O)[C@@H](O)Cc1ccccc1)C(C)C. The number of alkyl carbamates (subject to hydrolysis) is 1. The number of guanidine groups is 1. The van der Waals surface area contributed by atoms with Crippen LogP contribution in [0.25, 0.3) is 0 Å². The Morgan fingerprint density at radius 3 is 1.98 bits per heavy atom. The highest BCUT2D eigenvalue weighted by Crippen LogP contribution is 2.10. The van der Waals surface area contributed by atoms with Crippen LogP contribution in [0.1, 0.15) is 58.1 Å². The second-order valence-electron chi connectivity index (χ2n) is 12.2. The number of carbonyl (C=O) groups excluding carboxylic acids is 4. The first kappa shape index (κ1) is 38.5. The minimum Gasteiger partial charge on any atom is -0.445 e. The molecule has 0 aliphatic heterocycles. The van der Waals surface area contributed by atoms with Gasteiger partial charge in [0, 0.05) is 25.6 Å². The van der Waals surface area contributed by atoms with E-state index in [1.54, 1.807) is 0 Å². The van der Waals surface area contributed by atoms with Gasteiger partial charge in [-0.15, -0.1) is 0 Å². The van der Waals surface area contributed by atoms with Crippen LogP contribution < -0.4 is 32.7 Å². The predicted molar refractivity (Wildman–Crippen MR) is 181 cm³/mol. The predicted octanol–water partition coefficient (Wildman–Crippen LogP) is 1.73. The summed E-state index contributed by atoms with van der Waals surface area (Å²) in [4.78, 5) is 56.3. The van der Waals surface area contributed by atoms with E-state index in [2.05, 4.69) is 26.3 Å².